The van der Waals surface area contributed by atoms with Gasteiger partial charge < -0.3 is 4.74 Å². The van der Waals surface area contributed by atoms with Gasteiger partial charge in [-0.3, -0.25) is 4.79 Å². The van der Waals surface area contributed by atoms with E-state index in [9.17, 15) is 4.79 Å². The molecule has 1 unspecified atom stereocenters. The first-order valence-corrected chi connectivity index (χ1v) is 7.06. The fraction of sp³-hybridized carbons (Fsp3) is 0.500. The van der Waals surface area contributed by atoms with E-state index in [-0.39, 0.29) is 11.7 Å². The molecule has 1 fully saturated rings. The monoisotopic (exact) mass is 250 g/mol. The average molecular weight is 250 g/mol. The molecule has 1 atom stereocenters. The zero-order valence-electron chi connectivity index (χ0n) is 10.6. The average Bonchev–Trinajstić information content (AvgIpc) is 2.85. The first-order chi connectivity index (χ1) is 8.15. The molecule has 2 nitrogen and oxygen atoms in total. The van der Waals surface area contributed by atoms with Crippen molar-refractivity contribution in [3.63, 3.8) is 0 Å². The van der Waals surface area contributed by atoms with Gasteiger partial charge in [0, 0.05) is 11.7 Å². The van der Waals surface area contributed by atoms with Crippen molar-refractivity contribution in [1.29, 1.82) is 0 Å². The van der Waals surface area contributed by atoms with Gasteiger partial charge in [-0.1, -0.05) is 6.07 Å². The standard InChI is InChI=1S/C14H18O2S/c1-9-4-5-12(14(16-3)10(9)2)13(15)11-6-7-17-8-11/h4-5,11H,6-8H2,1-3H3. The molecule has 17 heavy (non-hydrogen) atoms. The third-order valence-electron chi connectivity index (χ3n) is 3.45. The van der Waals surface area contributed by atoms with Gasteiger partial charge in [-0.25, -0.2) is 0 Å². The van der Waals surface area contributed by atoms with Crippen LogP contribution >= 0.6 is 11.8 Å². The second-order valence-electron chi connectivity index (χ2n) is 4.51. The van der Waals surface area contributed by atoms with Crippen LogP contribution in [0.15, 0.2) is 12.1 Å². The molecule has 3 heteroatoms. The molecule has 0 N–H and O–H groups in total. The van der Waals surface area contributed by atoms with Gasteiger partial charge in [0.25, 0.3) is 0 Å². The molecule has 0 spiro atoms. The quantitative estimate of drug-likeness (QED) is 0.770. The fourth-order valence-electron chi connectivity index (χ4n) is 2.21. The molecule has 1 heterocycles. The number of thioether (sulfide) groups is 1. The van der Waals surface area contributed by atoms with Crippen LogP contribution in [0.5, 0.6) is 5.75 Å². The number of hydrogen-bond donors (Lipinski definition) is 0. The second kappa shape index (κ2) is 5.13. The van der Waals surface area contributed by atoms with Crippen LogP contribution in [-0.2, 0) is 0 Å². The van der Waals surface area contributed by atoms with E-state index in [0.29, 0.717) is 0 Å². The van der Waals surface area contributed by atoms with Crippen LogP contribution in [0.2, 0.25) is 0 Å². The Bertz CT molecular complexity index is 434. The van der Waals surface area contributed by atoms with Crippen molar-refractivity contribution >= 4 is 17.5 Å². The Hall–Kier alpha value is -0.960. The predicted molar refractivity (Wildman–Crippen MR) is 72.2 cm³/mol. The van der Waals surface area contributed by atoms with Gasteiger partial charge in [0.2, 0.25) is 0 Å². The number of rotatable bonds is 3. The lowest BCUT2D eigenvalue weighted by Gasteiger charge is -2.15. The number of benzene rings is 1. The molecule has 0 aliphatic carbocycles. The number of carbonyl (C=O) groups is 1. The summed E-state index contributed by atoms with van der Waals surface area (Å²) in [5.41, 5.74) is 2.99. The SMILES string of the molecule is COc1c(C(=O)C2CCSC2)ccc(C)c1C. The molecule has 0 radical (unpaired) electrons. The van der Waals surface area contributed by atoms with Crippen LogP contribution < -0.4 is 4.74 Å². The lowest BCUT2D eigenvalue weighted by Crippen LogP contribution is -2.15. The van der Waals surface area contributed by atoms with Crippen molar-refractivity contribution in [2.24, 2.45) is 5.92 Å². The van der Waals surface area contributed by atoms with Crippen molar-refractivity contribution < 1.29 is 9.53 Å². The van der Waals surface area contributed by atoms with Crippen molar-refractivity contribution in [3.05, 3.63) is 28.8 Å². The summed E-state index contributed by atoms with van der Waals surface area (Å²) in [4.78, 5) is 12.4. The van der Waals surface area contributed by atoms with Crippen LogP contribution in [0, 0.1) is 19.8 Å². The van der Waals surface area contributed by atoms with E-state index >= 15 is 0 Å². The Labute approximate surface area is 107 Å². The van der Waals surface area contributed by atoms with Crippen molar-refractivity contribution in [3.8, 4) is 5.75 Å². The van der Waals surface area contributed by atoms with E-state index in [2.05, 4.69) is 0 Å². The predicted octanol–water partition coefficient (Wildman–Crippen LogP) is 3.25. The second-order valence-corrected chi connectivity index (χ2v) is 5.66. The Balaban J connectivity index is 2.37. The number of hydrogen-bond acceptors (Lipinski definition) is 3. The number of carbonyl (C=O) groups excluding carboxylic acids is 1. The molecule has 1 aliphatic heterocycles. The Kier molecular flexibility index (Phi) is 3.77. The first-order valence-electron chi connectivity index (χ1n) is 5.91. The summed E-state index contributed by atoms with van der Waals surface area (Å²) >= 11 is 1.86. The summed E-state index contributed by atoms with van der Waals surface area (Å²) in [5, 5.41) is 0. The molecule has 1 aromatic carbocycles. The Morgan fingerprint density at radius 1 is 1.41 bits per heavy atom. The van der Waals surface area contributed by atoms with E-state index in [0.717, 1.165) is 34.8 Å². The van der Waals surface area contributed by atoms with Gasteiger partial charge in [-0.2, -0.15) is 11.8 Å². The highest BCUT2D eigenvalue weighted by Crippen LogP contribution is 2.32. The topological polar surface area (TPSA) is 26.3 Å². The smallest absolute Gasteiger partial charge is 0.170 e. The van der Waals surface area contributed by atoms with Gasteiger partial charge in [0.15, 0.2) is 5.78 Å². The maximum Gasteiger partial charge on any atom is 0.170 e. The lowest BCUT2D eigenvalue weighted by atomic mass is 9.93. The molecule has 0 saturated carbocycles. The molecule has 1 saturated heterocycles. The number of ether oxygens (including phenoxy) is 1. The molecular formula is C14H18O2S. The number of ketones is 1. The van der Waals surface area contributed by atoms with Gasteiger partial charge in [-0.05, 0) is 43.2 Å². The Morgan fingerprint density at radius 2 is 2.18 bits per heavy atom. The fourth-order valence-corrected chi connectivity index (χ4v) is 3.43. The van der Waals surface area contributed by atoms with Crippen LogP contribution in [-0.4, -0.2) is 24.4 Å². The molecule has 1 aliphatic rings. The van der Waals surface area contributed by atoms with E-state index < -0.39 is 0 Å². The van der Waals surface area contributed by atoms with Crippen molar-refractivity contribution in [2.75, 3.05) is 18.6 Å². The third kappa shape index (κ3) is 2.34. The Morgan fingerprint density at radius 3 is 2.76 bits per heavy atom. The molecule has 2 rings (SSSR count). The lowest BCUT2D eigenvalue weighted by molar-refractivity contribution is 0.0930. The number of aryl methyl sites for hydroxylation is 1. The van der Waals surface area contributed by atoms with Crippen LogP contribution in [0.1, 0.15) is 27.9 Å². The van der Waals surface area contributed by atoms with Crippen molar-refractivity contribution in [1.82, 2.24) is 0 Å². The number of Topliss-reactive ketones (excluding diaryl/α,β-unsaturated/α-hetero) is 1. The highest BCUT2D eigenvalue weighted by atomic mass is 32.2. The summed E-state index contributed by atoms with van der Waals surface area (Å²) in [5.74, 6) is 3.23. The van der Waals surface area contributed by atoms with Crippen LogP contribution in [0.25, 0.3) is 0 Å². The minimum Gasteiger partial charge on any atom is -0.496 e. The van der Waals surface area contributed by atoms with E-state index in [1.54, 1.807) is 7.11 Å². The highest BCUT2D eigenvalue weighted by molar-refractivity contribution is 7.99. The molecule has 0 amide bonds. The van der Waals surface area contributed by atoms with Gasteiger partial charge in [-0.15, -0.1) is 0 Å². The summed E-state index contributed by atoms with van der Waals surface area (Å²) < 4.78 is 5.41. The normalized spacial score (nSPS) is 19.4. The van der Waals surface area contributed by atoms with Gasteiger partial charge >= 0.3 is 0 Å². The van der Waals surface area contributed by atoms with E-state index in [1.165, 1.54) is 5.56 Å². The molecule has 1 aromatic rings. The molecule has 92 valence electrons. The largest absolute Gasteiger partial charge is 0.496 e. The summed E-state index contributed by atoms with van der Waals surface area (Å²) in [6.45, 7) is 4.05. The molecular weight excluding hydrogens is 232 g/mol. The highest BCUT2D eigenvalue weighted by Gasteiger charge is 2.27. The van der Waals surface area contributed by atoms with E-state index in [1.807, 2.05) is 37.7 Å². The summed E-state index contributed by atoms with van der Waals surface area (Å²) in [6.07, 6.45) is 1.000. The van der Waals surface area contributed by atoms with E-state index in [4.69, 9.17) is 4.74 Å². The maximum absolute atomic E-state index is 12.4. The zero-order valence-corrected chi connectivity index (χ0v) is 11.4. The summed E-state index contributed by atoms with van der Waals surface area (Å²) in [7, 11) is 1.64. The van der Waals surface area contributed by atoms with Crippen LogP contribution in [0.4, 0.5) is 0 Å². The third-order valence-corrected chi connectivity index (χ3v) is 4.61. The first kappa shape index (κ1) is 12.5. The zero-order chi connectivity index (χ0) is 12.4. The number of methoxy groups -OCH3 is 1. The van der Waals surface area contributed by atoms with Gasteiger partial charge in [0.1, 0.15) is 5.75 Å². The van der Waals surface area contributed by atoms with Crippen LogP contribution in [0.3, 0.4) is 0 Å². The van der Waals surface area contributed by atoms with Gasteiger partial charge in [0.05, 0.1) is 12.7 Å². The molecule has 0 aromatic heterocycles. The van der Waals surface area contributed by atoms with Crippen molar-refractivity contribution in [2.45, 2.75) is 20.3 Å². The maximum atomic E-state index is 12.4. The molecule has 0 bridgehead atoms. The summed E-state index contributed by atoms with van der Waals surface area (Å²) in [6, 6.07) is 3.92. The minimum atomic E-state index is 0.177. The minimum absolute atomic E-state index is 0.177.